The predicted octanol–water partition coefficient (Wildman–Crippen LogP) is 3.31. The van der Waals surface area contributed by atoms with Crippen molar-refractivity contribution in [3.63, 3.8) is 0 Å². The number of carboxylic acid groups (broad SMARTS) is 1. The highest BCUT2D eigenvalue weighted by Gasteiger charge is 2.17. The van der Waals surface area contributed by atoms with Gasteiger partial charge in [0.15, 0.2) is 0 Å². The number of nitrogens with zero attached hydrogens (tertiary/aromatic N) is 1. The van der Waals surface area contributed by atoms with Crippen molar-refractivity contribution in [3.8, 4) is 0 Å². The van der Waals surface area contributed by atoms with Gasteiger partial charge in [0.05, 0.1) is 5.56 Å². The minimum atomic E-state index is -0.928. The monoisotopic (exact) mass is 289 g/mol. The summed E-state index contributed by atoms with van der Waals surface area (Å²) < 4.78 is 0. The van der Waals surface area contributed by atoms with E-state index in [1.807, 2.05) is 7.05 Å². The van der Waals surface area contributed by atoms with E-state index in [-0.39, 0.29) is 11.5 Å². The Balaban J connectivity index is 1.80. The molecule has 4 nitrogen and oxygen atoms in total. The Morgan fingerprint density at radius 3 is 2.38 bits per heavy atom. The molecule has 0 aliphatic heterocycles. The minimum absolute atomic E-state index is 0.171. The van der Waals surface area contributed by atoms with Crippen LogP contribution < -0.4 is 0 Å². The zero-order valence-electron chi connectivity index (χ0n) is 12.5. The molecule has 1 aliphatic carbocycles. The van der Waals surface area contributed by atoms with Crippen molar-refractivity contribution in [2.75, 3.05) is 7.05 Å². The fourth-order valence-corrected chi connectivity index (χ4v) is 2.93. The first-order chi connectivity index (χ1) is 10.1. The number of benzene rings is 1. The number of carbonyl (C=O) groups is 2. The Bertz CT molecular complexity index is 489. The Kier molecular flexibility index (Phi) is 5.37. The molecule has 0 heterocycles. The number of rotatable bonds is 6. The van der Waals surface area contributed by atoms with Gasteiger partial charge in [0.2, 0.25) is 5.91 Å². The Hall–Kier alpha value is -1.84. The summed E-state index contributed by atoms with van der Waals surface area (Å²) in [6, 6.07) is 6.69. The van der Waals surface area contributed by atoms with Crippen molar-refractivity contribution in [3.05, 3.63) is 35.4 Å². The molecule has 1 amide bonds. The van der Waals surface area contributed by atoms with Crippen LogP contribution in [0, 0.1) is 5.92 Å². The molecule has 0 unspecified atom stereocenters. The maximum absolute atomic E-state index is 12.1. The summed E-state index contributed by atoms with van der Waals surface area (Å²) in [4.78, 5) is 24.6. The van der Waals surface area contributed by atoms with Crippen LogP contribution in [0.1, 0.15) is 54.4 Å². The average Bonchev–Trinajstić information content (AvgIpc) is 2.98. The second kappa shape index (κ2) is 7.25. The van der Waals surface area contributed by atoms with Crippen molar-refractivity contribution in [1.82, 2.24) is 4.90 Å². The lowest BCUT2D eigenvalue weighted by Crippen LogP contribution is -2.26. The summed E-state index contributed by atoms with van der Waals surface area (Å²) in [5, 5.41) is 8.86. The molecule has 0 atom stereocenters. The van der Waals surface area contributed by atoms with Gasteiger partial charge in [-0.25, -0.2) is 4.79 Å². The summed E-state index contributed by atoms with van der Waals surface area (Å²) in [6.07, 6.45) is 6.78. The summed E-state index contributed by atoms with van der Waals surface area (Å²) in [5.41, 5.74) is 1.23. The second-order valence-electron chi connectivity index (χ2n) is 5.94. The lowest BCUT2D eigenvalue weighted by Gasteiger charge is -2.18. The molecular formula is C17H23NO3. The van der Waals surface area contributed by atoms with Crippen molar-refractivity contribution in [2.45, 2.75) is 45.1 Å². The third kappa shape index (κ3) is 4.59. The molecule has 0 aromatic heterocycles. The number of carbonyl (C=O) groups excluding carboxylic acids is 1. The number of amides is 1. The third-order valence-electron chi connectivity index (χ3n) is 4.29. The van der Waals surface area contributed by atoms with Gasteiger partial charge in [0, 0.05) is 20.0 Å². The Morgan fingerprint density at radius 2 is 1.81 bits per heavy atom. The van der Waals surface area contributed by atoms with Gasteiger partial charge in [-0.05, 0) is 30.0 Å². The van der Waals surface area contributed by atoms with E-state index >= 15 is 0 Å². The van der Waals surface area contributed by atoms with Crippen LogP contribution in [0.2, 0.25) is 0 Å². The van der Waals surface area contributed by atoms with Crippen LogP contribution in [0.25, 0.3) is 0 Å². The molecule has 0 saturated heterocycles. The van der Waals surface area contributed by atoms with Gasteiger partial charge >= 0.3 is 5.97 Å². The molecule has 0 radical (unpaired) electrons. The normalized spacial score (nSPS) is 15.1. The van der Waals surface area contributed by atoms with E-state index in [2.05, 4.69) is 0 Å². The molecule has 1 fully saturated rings. The van der Waals surface area contributed by atoms with Gasteiger partial charge in [0.25, 0.3) is 0 Å². The largest absolute Gasteiger partial charge is 0.478 e. The van der Waals surface area contributed by atoms with Crippen LogP contribution in [0.15, 0.2) is 24.3 Å². The van der Waals surface area contributed by atoms with E-state index < -0.39 is 5.97 Å². The molecule has 0 bridgehead atoms. The summed E-state index contributed by atoms with van der Waals surface area (Å²) >= 11 is 0. The molecule has 1 aromatic carbocycles. The van der Waals surface area contributed by atoms with Crippen molar-refractivity contribution in [1.29, 1.82) is 0 Å². The highest BCUT2D eigenvalue weighted by Crippen LogP contribution is 2.28. The maximum Gasteiger partial charge on any atom is 0.335 e. The van der Waals surface area contributed by atoms with Crippen molar-refractivity contribution in [2.24, 2.45) is 5.92 Å². The van der Waals surface area contributed by atoms with E-state index in [4.69, 9.17) is 5.11 Å². The van der Waals surface area contributed by atoms with E-state index in [9.17, 15) is 9.59 Å². The van der Waals surface area contributed by atoms with E-state index in [1.54, 1.807) is 29.2 Å². The first-order valence-corrected chi connectivity index (χ1v) is 7.62. The fraction of sp³-hybridized carbons (Fsp3) is 0.529. The molecule has 114 valence electrons. The quantitative estimate of drug-likeness (QED) is 0.874. The molecule has 21 heavy (non-hydrogen) atoms. The summed E-state index contributed by atoms with van der Waals surface area (Å²) in [7, 11) is 1.81. The van der Waals surface area contributed by atoms with Crippen molar-refractivity contribution < 1.29 is 14.7 Å². The Labute approximate surface area is 125 Å². The lowest BCUT2D eigenvalue weighted by molar-refractivity contribution is -0.130. The van der Waals surface area contributed by atoms with Crippen LogP contribution in [0.4, 0.5) is 0 Å². The number of aromatic carboxylic acids is 1. The molecule has 4 heteroatoms. The first-order valence-electron chi connectivity index (χ1n) is 7.62. The van der Waals surface area contributed by atoms with Gasteiger partial charge in [-0.15, -0.1) is 0 Å². The smallest absolute Gasteiger partial charge is 0.335 e. The number of hydrogen-bond donors (Lipinski definition) is 1. The highest BCUT2D eigenvalue weighted by atomic mass is 16.4. The van der Waals surface area contributed by atoms with Crippen LogP contribution in [0.3, 0.4) is 0 Å². The Morgan fingerprint density at radius 1 is 1.19 bits per heavy atom. The van der Waals surface area contributed by atoms with Crippen LogP contribution in [0.5, 0.6) is 0 Å². The zero-order chi connectivity index (χ0) is 15.2. The second-order valence-corrected chi connectivity index (χ2v) is 5.94. The zero-order valence-corrected chi connectivity index (χ0v) is 12.5. The van der Waals surface area contributed by atoms with Crippen LogP contribution in [-0.2, 0) is 11.3 Å². The first kappa shape index (κ1) is 15.5. The lowest BCUT2D eigenvalue weighted by atomic mass is 10.0. The third-order valence-corrected chi connectivity index (χ3v) is 4.29. The van der Waals surface area contributed by atoms with E-state index in [1.165, 1.54) is 25.7 Å². The van der Waals surface area contributed by atoms with Gasteiger partial charge in [0.1, 0.15) is 0 Å². The number of hydrogen-bond acceptors (Lipinski definition) is 2. The molecule has 1 aliphatic rings. The predicted molar refractivity (Wildman–Crippen MR) is 81.1 cm³/mol. The number of carboxylic acids is 1. The molecule has 0 spiro atoms. The molecule has 1 N–H and O–H groups in total. The average molecular weight is 289 g/mol. The van der Waals surface area contributed by atoms with Gasteiger partial charge in [-0.3, -0.25) is 4.79 Å². The molecule has 1 aromatic rings. The maximum atomic E-state index is 12.1. The van der Waals surface area contributed by atoms with Crippen molar-refractivity contribution >= 4 is 11.9 Å². The summed E-state index contributed by atoms with van der Waals surface area (Å²) in [6.45, 7) is 0.531. The fourth-order valence-electron chi connectivity index (χ4n) is 2.93. The summed E-state index contributed by atoms with van der Waals surface area (Å²) in [5.74, 6) is -0.0241. The van der Waals surface area contributed by atoms with Gasteiger partial charge < -0.3 is 10.0 Å². The van der Waals surface area contributed by atoms with Crippen LogP contribution >= 0.6 is 0 Å². The molecule has 2 rings (SSSR count). The van der Waals surface area contributed by atoms with E-state index in [0.29, 0.717) is 13.0 Å². The highest BCUT2D eigenvalue weighted by molar-refractivity contribution is 5.87. The van der Waals surface area contributed by atoms with Gasteiger partial charge in [-0.2, -0.15) is 0 Å². The minimum Gasteiger partial charge on any atom is -0.478 e. The molecular weight excluding hydrogens is 266 g/mol. The van der Waals surface area contributed by atoms with Crippen LogP contribution in [-0.4, -0.2) is 28.9 Å². The molecule has 1 saturated carbocycles. The topological polar surface area (TPSA) is 57.6 Å². The van der Waals surface area contributed by atoms with E-state index in [0.717, 1.165) is 17.9 Å². The standard InChI is InChI=1S/C17H23NO3/c1-18(16(19)11-8-13-4-2-3-5-13)12-14-6-9-15(10-7-14)17(20)21/h6-7,9-10,13H,2-5,8,11-12H2,1H3,(H,20,21). The SMILES string of the molecule is CN(Cc1ccc(C(=O)O)cc1)C(=O)CCC1CCCC1. The van der Waals surface area contributed by atoms with Gasteiger partial charge in [-0.1, -0.05) is 37.8 Å².